The molecule has 6 nitrogen and oxygen atoms in total. The Morgan fingerprint density at radius 2 is 2.05 bits per heavy atom. The third-order valence-corrected chi connectivity index (χ3v) is 2.88. The molecule has 6 heteroatoms. The van der Waals surface area contributed by atoms with Crippen molar-refractivity contribution in [2.75, 3.05) is 7.11 Å². The Bertz CT molecular complexity index is 752. The average molecular weight is 268 g/mol. The largest absolute Gasteiger partial charge is 0.469 e. The van der Waals surface area contributed by atoms with Crippen LogP contribution in [0.3, 0.4) is 0 Å². The van der Waals surface area contributed by atoms with Crippen LogP contribution in [0.1, 0.15) is 5.82 Å². The maximum absolute atomic E-state index is 11.3. The van der Waals surface area contributed by atoms with E-state index in [1.54, 1.807) is 10.7 Å². The van der Waals surface area contributed by atoms with E-state index >= 15 is 0 Å². The van der Waals surface area contributed by atoms with Crippen LogP contribution >= 0.6 is 0 Å². The van der Waals surface area contributed by atoms with E-state index in [2.05, 4.69) is 19.8 Å². The lowest BCUT2D eigenvalue weighted by atomic mass is 10.1. The lowest BCUT2D eigenvalue weighted by molar-refractivity contribution is -0.139. The zero-order valence-electron chi connectivity index (χ0n) is 10.9. The molecule has 3 rings (SSSR count). The fraction of sp³-hybridized carbons (Fsp3) is 0.143. The molecule has 20 heavy (non-hydrogen) atoms. The Kier molecular flexibility index (Phi) is 3.12. The van der Waals surface area contributed by atoms with Gasteiger partial charge in [0.15, 0.2) is 5.82 Å². The van der Waals surface area contributed by atoms with E-state index in [1.165, 1.54) is 7.11 Å². The Morgan fingerprint density at radius 3 is 2.80 bits per heavy atom. The van der Waals surface area contributed by atoms with Crippen molar-refractivity contribution in [1.29, 1.82) is 0 Å². The van der Waals surface area contributed by atoms with Crippen molar-refractivity contribution in [2.24, 2.45) is 0 Å². The number of aromatic nitrogens is 4. The molecule has 0 saturated carbocycles. The predicted molar refractivity (Wildman–Crippen MR) is 71.9 cm³/mol. The molecule has 0 aliphatic heterocycles. The Labute approximate surface area is 115 Å². The van der Waals surface area contributed by atoms with Crippen LogP contribution in [0.25, 0.3) is 17.0 Å². The highest BCUT2D eigenvalue weighted by atomic mass is 16.5. The zero-order chi connectivity index (χ0) is 13.9. The van der Waals surface area contributed by atoms with Crippen molar-refractivity contribution in [3.63, 3.8) is 0 Å². The van der Waals surface area contributed by atoms with Gasteiger partial charge in [-0.2, -0.15) is 9.50 Å². The van der Waals surface area contributed by atoms with Gasteiger partial charge in [0.05, 0.1) is 12.8 Å². The van der Waals surface area contributed by atoms with Crippen LogP contribution in [0.5, 0.6) is 0 Å². The summed E-state index contributed by atoms with van der Waals surface area (Å²) < 4.78 is 6.25. The molecule has 0 spiro atoms. The Hall–Kier alpha value is -2.76. The summed E-state index contributed by atoms with van der Waals surface area (Å²) in [5, 5.41) is 4.32. The van der Waals surface area contributed by atoms with Crippen molar-refractivity contribution in [2.45, 2.75) is 6.42 Å². The SMILES string of the molecule is COC(=O)Cc1nc2nccc(-c3ccccc3)n2n1. The molecule has 0 aliphatic rings. The van der Waals surface area contributed by atoms with E-state index in [0.29, 0.717) is 11.6 Å². The molecular formula is C14H12N4O2. The second-order valence-electron chi connectivity index (χ2n) is 4.19. The topological polar surface area (TPSA) is 69.4 Å². The molecule has 100 valence electrons. The van der Waals surface area contributed by atoms with Crippen LogP contribution in [0.2, 0.25) is 0 Å². The van der Waals surface area contributed by atoms with Crippen molar-refractivity contribution >= 4 is 11.7 Å². The number of fused-ring (bicyclic) bond motifs is 1. The first-order chi connectivity index (χ1) is 9.78. The maximum atomic E-state index is 11.3. The van der Waals surface area contributed by atoms with Crippen LogP contribution < -0.4 is 0 Å². The Morgan fingerprint density at radius 1 is 1.25 bits per heavy atom. The van der Waals surface area contributed by atoms with Crippen molar-refractivity contribution < 1.29 is 9.53 Å². The number of carbonyl (C=O) groups excluding carboxylic acids is 1. The van der Waals surface area contributed by atoms with E-state index in [0.717, 1.165) is 11.3 Å². The summed E-state index contributed by atoms with van der Waals surface area (Å²) in [5.41, 5.74) is 1.88. The van der Waals surface area contributed by atoms with Crippen LogP contribution in [-0.4, -0.2) is 32.7 Å². The van der Waals surface area contributed by atoms with Gasteiger partial charge in [0.25, 0.3) is 5.78 Å². The van der Waals surface area contributed by atoms with Gasteiger partial charge < -0.3 is 4.74 Å². The molecule has 0 atom stereocenters. The summed E-state index contributed by atoms with van der Waals surface area (Å²) in [4.78, 5) is 19.7. The van der Waals surface area contributed by atoms with Crippen LogP contribution in [0.15, 0.2) is 42.6 Å². The van der Waals surface area contributed by atoms with Crippen LogP contribution in [0.4, 0.5) is 0 Å². The number of methoxy groups -OCH3 is 1. The smallest absolute Gasteiger partial charge is 0.313 e. The number of esters is 1. The first kappa shape index (κ1) is 12.3. The molecule has 0 amide bonds. The lowest BCUT2D eigenvalue weighted by Gasteiger charge is -2.02. The first-order valence-electron chi connectivity index (χ1n) is 6.11. The van der Waals surface area contributed by atoms with Gasteiger partial charge in [-0.05, 0) is 6.07 Å². The van der Waals surface area contributed by atoms with Gasteiger partial charge in [-0.1, -0.05) is 30.3 Å². The zero-order valence-corrected chi connectivity index (χ0v) is 10.9. The number of hydrogen-bond donors (Lipinski definition) is 0. The molecule has 0 bridgehead atoms. The number of hydrogen-bond acceptors (Lipinski definition) is 5. The minimum atomic E-state index is -0.373. The van der Waals surface area contributed by atoms with Crippen LogP contribution in [0, 0.1) is 0 Å². The molecule has 0 N–H and O–H groups in total. The molecular weight excluding hydrogens is 256 g/mol. The fourth-order valence-electron chi connectivity index (χ4n) is 1.94. The fourth-order valence-corrected chi connectivity index (χ4v) is 1.94. The van der Waals surface area contributed by atoms with Gasteiger partial charge in [-0.25, -0.2) is 4.98 Å². The minimum Gasteiger partial charge on any atom is -0.469 e. The van der Waals surface area contributed by atoms with Crippen molar-refractivity contribution in [3.05, 3.63) is 48.4 Å². The molecule has 2 aromatic heterocycles. The summed E-state index contributed by atoms with van der Waals surface area (Å²) >= 11 is 0. The van der Waals surface area contributed by atoms with E-state index in [1.807, 2.05) is 36.4 Å². The second kappa shape index (κ2) is 5.08. The molecule has 1 aromatic carbocycles. The molecule has 3 aromatic rings. The van der Waals surface area contributed by atoms with E-state index in [9.17, 15) is 4.79 Å². The van der Waals surface area contributed by atoms with Gasteiger partial charge in [0.1, 0.15) is 6.42 Å². The Balaban J connectivity index is 2.08. The number of rotatable bonds is 3. The van der Waals surface area contributed by atoms with Crippen molar-refractivity contribution in [1.82, 2.24) is 19.6 Å². The average Bonchev–Trinajstić information content (AvgIpc) is 2.90. The maximum Gasteiger partial charge on any atom is 0.313 e. The molecule has 0 aliphatic carbocycles. The highest BCUT2D eigenvalue weighted by Crippen LogP contribution is 2.18. The summed E-state index contributed by atoms with van der Waals surface area (Å²) in [6.45, 7) is 0. The number of ether oxygens (including phenoxy) is 1. The summed E-state index contributed by atoms with van der Waals surface area (Å²) in [5.74, 6) is 0.486. The molecule has 2 heterocycles. The highest BCUT2D eigenvalue weighted by molar-refractivity contribution is 5.71. The van der Waals surface area contributed by atoms with Crippen LogP contribution in [-0.2, 0) is 16.0 Å². The van der Waals surface area contributed by atoms with Gasteiger partial charge in [0.2, 0.25) is 0 Å². The molecule has 0 radical (unpaired) electrons. The standard InChI is InChI=1S/C14H12N4O2/c1-20-13(19)9-12-16-14-15-8-7-11(18(14)17-12)10-5-3-2-4-6-10/h2-8H,9H2,1H3. The highest BCUT2D eigenvalue weighted by Gasteiger charge is 2.12. The predicted octanol–water partition coefficient (Wildman–Crippen LogP) is 1.51. The molecule has 0 saturated heterocycles. The summed E-state index contributed by atoms with van der Waals surface area (Å²) in [7, 11) is 1.34. The van der Waals surface area contributed by atoms with Gasteiger partial charge in [0, 0.05) is 11.8 Å². The molecule has 0 fully saturated rings. The summed E-state index contributed by atoms with van der Waals surface area (Å²) in [6.07, 6.45) is 1.71. The van der Waals surface area contributed by atoms with E-state index in [-0.39, 0.29) is 12.4 Å². The van der Waals surface area contributed by atoms with E-state index < -0.39 is 0 Å². The van der Waals surface area contributed by atoms with Gasteiger partial charge >= 0.3 is 5.97 Å². The monoisotopic (exact) mass is 268 g/mol. The van der Waals surface area contributed by atoms with E-state index in [4.69, 9.17) is 0 Å². The minimum absolute atomic E-state index is 0.0358. The van der Waals surface area contributed by atoms with Crippen molar-refractivity contribution in [3.8, 4) is 11.3 Å². The summed E-state index contributed by atoms with van der Waals surface area (Å²) in [6, 6.07) is 11.7. The van der Waals surface area contributed by atoms with Gasteiger partial charge in [-0.15, -0.1) is 5.10 Å². The number of benzene rings is 1. The molecule has 0 unspecified atom stereocenters. The quantitative estimate of drug-likeness (QED) is 0.673. The first-order valence-corrected chi connectivity index (χ1v) is 6.11. The second-order valence-corrected chi connectivity index (χ2v) is 4.19. The number of carbonyl (C=O) groups is 1. The third-order valence-electron chi connectivity index (χ3n) is 2.88. The number of nitrogens with zero attached hydrogens (tertiary/aromatic N) is 4. The third kappa shape index (κ3) is 2.23. The van der Waals surface area contributed by atoms with Gasteiger partial charge in [-0.3, -0.25) is 4.79 Å². The lowest BCUT2D eigenvalue weighted by Crippen LogP contribution is -2.06. The normalized spacial score (nSPS) is 10.7.